The Morgan fingerprint density at radius 1 is 1.00 bits per heavy atom. The number of nitrogens with zero attached hydrogens (tertiary/aromatic N) is 1. The molecular formula is C20H24ClN3O2. The van der Waals surface area contributed by atoms with Gasteiger partial charge in [0.1, 0.15) is 0 Å². The highest BCUT2D eigenvalue weighted by atomic mass is 35.5. The summed E-state index contributed by atoms with van der Waals surface area (Å²) in [5.74, 6) is -0.284. The molecule has 0 aliphatic rings. The Bertz CT molecular complexity index is 775. The predicted molar refractivity (Wildman–Crippen MR) is 105 cm³/mol. The van der Waals surface area contributed by atoms with Gasteiger partial charge in [0.25, 0.3) is 0 Å². The fourth-order valence-electron chi connectivity index (χ4n) is 2.48. The smallest absolute Gasteiger partial charge is 0.238 e. The fraction of sp³-hybridized carbons (Fsp3) is 0.300. The van der Waals surface area contributed by atoms with Crippen LogP contribution in [0, 0.1) is 13.8 Å². The molecule has 0 aliphatic heterocycles. The van der Waals surface area contributed by atoms with Crippen LogP contribution in [0.1, 0.15) is 16.7 Å². The number of likely N-dealkylation sites (N-methyl/N-ethyl adjacent to an activating group) is 1. The van der Waals surface area contributed by atoms with Gasteiger partial charge in [0.15, 0.2) is 0 Å². The van der Waals surface area contributed by atoms with E-state index in [4.69, 9.17) is 11.6 Å². The highest BCUT2D eigenvalue weighted by molar-refractivity contribution is 6.30. The van der Waals surface area contributed by atoms with Gasteiger partial charge in [0, 0.05) is 17.3 Å². The van der Waals surface area contributed by atoms with E-state index in [0.717, 1.165) is 22.4 Å². The van der Waals surface area contributed by atoms with Crippen molar-refractivity contribution in [1.29, 1.82) is 0 Å². The topological polar surface area (TPSA) is 61.4 Å². The third-order valence-electron chi connectivity index (χ3n) is 4.11. The minimum atomic E-state index is -0.147. The van der Waals surface area contributed by atoms with Crippen LogP contribution < -0.4 is 10.6 Å². The number of hydrogen-bond donors (Lipinski definition) is 2. The van der Waals surface area contributed by atoms with Crippen molar-refractivity contribution < 1.29 is 9.59 Å². The Morgan fingerprint density at radius 3 is 2.35 bits per heavy atom. The Kier molecular flexibility index (Phi) is 7.18. The quantitative estimate of drug-likeness (QED) is 0.783. The summed E-state index contributed by atoms with van der Waals surface area (Å²) in [6, 6.07) is 13.1. The predicted octanol–water partition coefficient (Wildman–Crippen LogP) is 3.14. The highest BCUT2D eigenvalue weighted by Gasteiger charge is 2.12. The summed E-state index contributed by atoms with van der Waals surface area (Å²) in [6.45, 7) is 4.69. The molecule has 2 amide bonds. The molecule has 0 saturated carbocycles. The molecule has 2 aromatic rings. The molecule has 0 aromatic heterocycles. The van der Waals surface area contributed by atoms with Crippen molar-refractivity contribution >= 4 is 29.1 Å². The molecule has 0 atom stereocenters. The molecule has 0 heterocycles. The Labute approximate surface area is 159 Å². The van der Waals surface area contributed by atoms with Crippen molar-refractivity contribution in [3.05, 3.63) is 64.2 Å². The summed E-state index contributed by atoms with van der Waals surface area (Å²) in [5.41, 5.74) is 3.94. The first-order chi connectivity index (χ1) is 12.3. The summed E-state index contributed by atoms with van der Waals surface area (Å²) in [6.07, 6.45) is 0. The molecule has 0 saturated heterocycles. The molecule has 2 N–H and O–H groups in total. The minimum Gasteiger partial charge on any atom is -0.351 e. The summed E-state index contributed by atoms with van der Waals surface area (Å²) < 4.78 is 0. The fourth-order valence-corrected chi connectivity index (χ4v) is 2.61. The van der Waals surface area contributed by atoms with Gasteiger partial charge in [-0.05, 0) is 55.8 Å². The third kappa shape index (κ3) is 6.17. The lowest BCUT2D eigenvalue weighted by atomic mass is 10.1. The van der Waals surface area contributed by atoms with Gasteiger partial charge >= 0.3 is 0 Å². The lowest BCUT2D eigenvalue weighted by molar-refractivity contribution is -0.123. The van der Waals surface area contributed by atoms with Gasteiger partial charge < -0.3 is 10.6 Å². The molecule has 2 aromatic carbocycles. The first-order valence-electron chi connectivity index (χ1n) is 8.41. The number of aryl methyl sites for hydroxylation is 1. The Hall–Kier alpha value is -2.37. The number of carbonyl (C=O) groups is 2. The molecule has 0 bridgehead atoms. The first-order valence-corrected chi connectivity index (χ1v) is 8.78. The number of hydrogen-bond acceptors (Lipinski definition) is 3. The van der Waals surface area contributed by atoms with E-state index in [1.807, 2.05) is 44.2 Å². The van der Waals surface area contributed by atoms with E-state index < -0.39 is 0 Å². The number of carbonyl (C=O) groups excluding carboxylic acids is 2. The van der Waals surface area contributed by atoms with E-state index in [1.54, 1.807) is 24.1 Å². The van der Waals surface area contributed by atoms with Gasteiger partial charge in [0.2, 0.25) is 11.8 Å². The van der Waals surface area contributed by atoms with E-state index in [2.05, 4.69) is 10.6 Å². The summed E-state index contributed by atoms with van der Waals surface area (Å²) in [4.78, 5) is 25.9. The van der Waals surface area contributed by atoms with Gasteiger partial charge in [-0.3, -0.25) is 14.5 Å². The molecule has 0 unspecified atom stereocenters. The van der Waals surface area contributed by atoms with Crippen LogP contribution in [0.15, 0.2) is 42.5 Å². The van der Waals surface area contributed by atoms with Crippen LogP contribution in [0.25, 0.3) is 0 Å². The number of anilines is 1. The normalized spacial score (nSPS) is 10.7. The Morgan fingerprint density at radius 2 is 1.65 bits per heavy atom. The van der Waals surface area contributed by atoms with Crippen molar-refractivity contribution in [2.45, 2.75) is 20.4 Å². The first kappa shape index (κ1) is 19.9. The summed E-state index contributed by atoms with van der Waals surface area (Å²) in [7, 11) is 1.74. The molecule has 0 radical (unpaired) electrons. The monoisotopic (exact) mass is 373 g/mol. The summed E-state index contributed by atoms with van der Waals surface area (Å²) >= 11 is 5.84. The molecule has 0 aliphatic carbocycles. The van der Waals surface area contributed by atoms with Crippen molar-refractivity contribution in [1.82, 2.24) is 10.2 Å². The number of nitrogens with one attached hydrogen (secondary N) is 2. The molecule has 0 fully saturated rings. The number of benzene rings is 2. The van der Waals surface area contributed by atoms with Gasteiger partial charge in [-0.15, -0.1) is 0 Å². The highest BCUT2D eigenvalue weighted by Crippen LogP contribution is 2.17. The maximum atomic E-state index is 12.2. The van der Waals surface area contributed by atoms with E-state index in [0.29, 0.717) is 11.6 Å². The third-order valence-corrected chi connectivity index (χ3v) is 4.36. The van der Waals surface area contributed by atoms with Crippen molar-refractivity contribution in [2.75, 3.05) is 25.5 Å². The van der Waals surface area contributed by atoms with Gasteiger partial charge in [0.05, 0.1) is 13.1 Å². The van der Waals surface area contributed by atoms with E-state index in [9.17, 15) is 9.59 Å². The van der Waals surface area contributed by atoms with Gasteiger partial charge in [-0.25, -0.2) is 0 Å². The second-order valence-corrected chi connectivity index (χ2v) is 6.81. The standard InChI is InChI=1S/C20H24ClN3O2/c1-14-5-4-6-18(15(14)2)23-20(26)13-24(3)12-19(25)22-11-16-7-9-17(21)10-8-16/h4-10H,11-13H2,1-3H3,(H,22,25)(H,23,26). The molecular weight excluding hydrogens is 350 g/mol. The SMILES string of the molecule is Cc1cccc(NC(=O)CN(C)CC(=O)NCc2ccc(Cl)cc2)c1C. The molecule has 0 spiro atoms. The zero-order valence-corrected chi connectivity index (χ0v) is 16.1. The van der Waals surface area contributed by atoms with Crippen molar-refractivity contribution in [3.8, 4) is 0 Å². The Balaban J connectivity index is 1.77. The second kappa shape index (κ2) is 9.36. The lowest BCUT2D eigenvalue weighted by Crippen LogP contribution is -2.38. The van der Waals surface area contributed by atoms with Crippen molar-refractivity contribution in [3.63, 3.8) is 0 Å². The largest absolute Gasteiger partial charge is 0.351 e. The van der Waals surface area contributed by atoms with Crippen LogP contribution in [0.3, 0.4) is 0 Å². The maximum Gasteiger partial charge on any atom is 0.238 e. The van der Waals surface area contributed by atoms with Crippen LogP contribution in [0.4, 0.5) is 5.69 Å². The van der Waals surface area contributed by atoms with Gasteiger partial charge in [-0.2, -0.15) is 0 Å². The molecule has 26 heavy (non-hydrogen) atoms. The van der Waals surface area contributed by atoms with E-state index >= 15 is 0 Å². The maximum absolute atomic E-state index is 12.2. The number of rotatable bonds is 7. The van der Waals surface area contributed by atoms with Gasteiger partial charge in [-0.1, -0.05) is 35.9 Å². The van der Waals surface area contributed by atoms with Crippen LogP contribution in [0.5, 0.6) is 0 Å². The average molecular weight is 374 g/mol. The minimum absolute atomic E-state index is 0.137. The molecule has 138 valence electrons. The van der Waals surface area contributed by atoms with Crippen LogP contribution in [0.2, 0.25) is 5.02 Å². The zero-order chi connectivity index (χ0) is 19.1. The zero-order valence-electron chi connectivity index (χ0n) is 15.3. The average Bonchev–Trinajstić information content (AvgIpc) is 2.58. The number of halogens is 1. The van der Waals surface area contributed by atoms with Crippen molar-refractivity contribution in [2.24, 2.45) is 0 Å². The molecule has 2 rings (SSSR count). The number of amides is 2. The van der Waals surface area contributed by atoms with Crippen LogP contribution >= 0.6 is 11.6 Å². The van der Waals surface area contributed by atoms with E-state index in [1.165, 1.54) is 0 Å². The van der Waals surface area contributed by atoms with E-state index in [-0.39, 0.29) is 24.9 Å². The lowest BCUT2D eigenvalue weighted by Gasteiger charge is -2.17. The van der Waals surface area contributed by atoms with Crippen LogP contribution in [-0.2, 0) is 16.1 Å². The molecule has 6 heteroatoms. The summed E-state index contributed by atoms with van der Waals surface area (Å²) in [5, 5.41) is 6.39. The second-order valence-electron chi connectivity index (χ2n) is 6.37. The van der Waals surface area contributed by atoms with Crippen LogP contribution in [-0.4, -0.2) is 36.9 Å². The molecule has 5 nitrogen and oxygen atoms in total.